The fourth-order valence-corrected chi connectivity index (χ4v) is 3.77. The highest BCUT2D eigenvalue weighted by atomic mass is 16.1. The van der Waals surface area contributed by atoms with Crippen LogP contribution in [0, 0.1) is 27.7 Å². The Bertz CT molecular complexity index is 1000. The average molecular weight is 375 g/mol. The van der Waals surface area contributed by atoms with Gasteiger partial charge < -0.3 is 5.32 Å². The summed E-state index contributed by atoms with van der Waals surface area (Å²) in [5.74, 6) is 1.02. The number of amides is 1. The van der Waals surface area contributed by atoms with Crippen LogP contribution >= 0.6 is 0 Å². The van der Waals surface area contributed by atoms with Crippen molar-refractivity contribution in [1.29, 1.82) is 0 Å². The van der Waals surface area contributed by atoms with Gasteiger partial charge in [-0.25, -0.2) is 14.6 Å². The minimum absolute atomic E-state index is 0.0375. The third kappa shape index (κ3) is 3.67. The summed E-state index contributed by atoms with van der Waals surface area (Å²) in [6, 6.07) is 12.5. The molecule has 1 aliphatic carbocycles. The standard InChI is InChI=1S/C22H25N5O/c1-13-10-14(2)24-22(23-13)27-16(4)18(15(3)26-27)12-21(28)25-20-11-19(20)17-8-6-5-7-9-17/h5-10,19-20H,11-12H2,1-4H3,(H,25,28). The second kappa shape index (κ2) is 7.19. The summed E-state index contributed by atoms with van der Waals surface area (Å²) in [6.45, 7) is 7.78. The maximum absolute atomic E-state index is 12.6. The minimum Gasteiger partial charge on any atom is -0.352 e. The Kier molecular flexibility index (Phi) is 4.71. The predicted molar refractivity (Wildman–Crippen MR) is 108 cm³/mol. The zero-order valence-corrected chi connectivity index (χ0v) is 16.7. The molecule has 1 aromatic carbocycles. The second-order valence-electron chi connectivity index (χ2n) is 7.62. The molecule has 1 saturated carbocycles. The fourth-order valence-electron chi connectivity index (χ4n) is 3.77. The van der Waals surface area contributed by atoms with Gasteiger partial charge in [0.25, 0.3) is 5.95 Å². The number of benzene rings is 1. The van der Waals surface area contributed by atoms with Crippen molar-refractivity contribution in [3.05, 3.63) is 70.3 Å². The van der Waals surface area contributed by atoms with Crippen molar-refractivity contribution in [3.8, 4) is 5.95 Å². The summed E-state index contributed by atoms with van der Waals surface area (Å²) in [6.07, 6.45) is 1.32. The summed E-state index contributed by atoms with van der Waals surface area (Å²) >= 11 is 0. The van der Waals surface area contributed by atoms with Crippen LogP contribution in [0.5, 0.6) is 0 Å². The Balaban J connectivity index is 1.47. The van der Waals surface area contributed by atoms with E-state index in [-0.39, 0.29) is 11.9 Å². The van der Waals surface area contributed by atoms with E-state index in [2.05, 4.69) is 32.5 Å². The van der Waals surface area contributed by atoms with E-state index in [0.29, 0.717) is 18.3 Å². The van der Waals surface area contributed by atoms with Crippen LogP contribution in [0.15, 0.2) is 36.4 Å². The first-order valence-corrected chi connectivity index (χ1v) is 9.64. The van der Waals surface area contributed by atoms with Crippen LogP contribution in [0.4, 0.5) is 0 Å². The number of carbonyl (C=O) groups excluding carboxylic acids is 1. The monoisotopic (exact) mass is 375 g/mol. The van der Waals surface area contributed by atoms with Crippen molar-refractivity contribution < 1.29 is 4.79 Å². The van der Waals surface area contributed by atoms with Gasteiger partial charge in [-0.3, -0.25) is 4.79 Å². The molecule has 144 valence electrons. The lowest BCUT2D eigenvalue weighted by atomic mass is 10.1. The molecule has 0 radical (unpaired) electrons. The molecule has 0 aliphatic heterocycles. The number of aromatic nitrogens is 4. The molecular formula is C22H25N5O. The molecule has 1 amide bonds. The van der Waals surface area contributed by atoms with Crippen LogP contribution in [-0.2, 0) is 11.2 Å². The molecule has 1 N–H and O–H groups in total. The molecule has 0 saturated heterocycles. The Labute approximate surface area is 165 Å². The van der Waals surface area contributed by atoms with Gasteiger partial charge in [0.15, 0.2) is 0 Å². The van der Waals surface area contributed by atoms with Crippen molar-refractivity contribution >= 4 is 5.91 Å². The molecule has 1 fully saturated rings. The maximum Gasteiger partial charge on any atom is 0.251 e. The minimum atomic E-state index is 0.0375. The molecule has 3 aromatic rings. The SMILES string of the molecule is Cc1cc(C)nc(-n2nc(C)c(CC(=O)NC3CC3c3ccccc3)c2C)n1. The van der Waals surface area contributed by atoms with Crippen LogP contribution in [0.25, 0.3) is 5.95 Å². The molecule has 6 nitrogen and oxygen atoms in total. The predicted octanol–water partition coefficient (Wildman–Crippen LogP) is 3.11. The van der Waals surface area contributed by atoms with E-state index in [1.807, 2.05) is 52.0 Å². The van der Waals surface area contributed by atoms with Crippen molar-refractivity contribution in [2.45, 2.75) is 52.5 Å². The summed E-state index contributed by atoms with van der Waals surface area (Å²) in [4.78, 5) is 21.6. The van der Waals surface area contributed by atoms with Gasteiger partial charge in [-0.1, -0.05) is 30.3 Å². The lowest BCUT2D eigenvalue weighted by Crippen LogP contribution is -2.28. The smallest absolute Gasteiger partial charge is 0.251 e. The summed E-state index contributed by atoms with van der Waals surface area (Å²) in [7, 11) is 0. The molecular weight excluding hydrogens is 350 g/mol. The Morgan fingerprint density at radius 3 is 2.46 bits per heavy atom. The van der Waals surface area contributed by atoms with Gasteiger partial charge in [0, 0.05) is 34.6 Å². The Hall–Kier alpha value is -3.02. The summed E-state index contributed by atoms with van der Waals surface area (Å²) in [5, 5.41) is 7.75. The van der Waals surface area contributed by atoms with Gasteiger partial charge >= 0.3 is 0 Å². The first-order chi connectivity index (χ1) is 13.4. The lowest BCUT2D eigenvalue weighted by molar-refractivity contribution is -0.120. The Morgan fingerprint density at radius 2 is 1.79 bits per heavy atom. The first kappa shape index (κ1) is 18.3. The van der Waals surface area contributed by atoms with Gasteiger partial charge in [0.2, 0.25) is 5.91 Å². The quantitative estimate of drug-likeness (QED) is 0.744. The first-order valence-electron chi connectivity index (χ1n) is 9.64. The maximum atomic E-state index is 12.6. The summed E-state index contributed by atoms with van der Waals surface area (Å²) < 4.78 is 1.74. The molecule has 4 rings (SSSR count). The van der Waals surface area contributed by atoms with E-state index in [4.69, 9.17) is 0 Å². The van der Waals surface area contributed by atoms with Gasteiger partial charge in [-0.2, -0.15) is 5.10 Å². The zero-order chi connectivity index (χ0) is 19.8. The Morgan fingerprint density at radius 1 is 1.11 bits per heavy atom. The molecule has 2 atom stereocenters. The van der Waals surface area contributed by atoms with E-state index >= 15 is 0 Å². The summed E-state index contributed by atoms with van der Waals surface area (Å²) in [5.41, 5.74) is 5.78. The largest absolute Gasteiger partial charge is 0.352 e. The van der Waals surface area contributed by atoms with E-state index in [9.17, 15) is 4.79 Å². The van der Waals surface area contributed by atoms with E-state index in [0.717, 1.165) is 34.8 Å². The number of rotatable bonds is 5. The molecule has 1 aliphatic rings. The van der Waals surface area contributed by atoms with Crippen molar-refractivity contribution in [2.24, 2.45) is 0 Å². The highest BCUT2D eigenvalue weighted by Crippen LogP contribution is 2.40. The highest BCUT2D eigenvalue weighted by molar-refractivity contribution is 5.80. The van der Waals surface area contributed by atoms with E-state index < -0.39 is 0 Å². The van der Waals surface area contributed by atoms with Gasteiger partial charge in [-0.15, -0.1) is 0 Å². The van der Waals surface area contributed by atoms with Gasteiger partial charge in [0.05, 0.1) is 12.1 Å². The third-order valence-corrected chi connectivity index (χ3v) is 5.30. The number of hydrogen-bond donors (Lipinski definition) is 1. The van der Waals surface area contributed by atoms with E-state index in [1.165, 1.54) is 5.56 Å². The van der Waals surface area contributed by atoms with Crippen LogP contribution in [0.1, 0.15) is 46.2 Å². The van der Waals surface area contributed by atoms with Crippen LogP contribution in [0.2, 0.25) is 0 Å². The topological polar surface area (TPSA) is 72.7 Å². The van der Waals surface area contributed by atoms with Gasteiger partial charge in [0.1, 0.15) is 0 Å². The lowest BCUT2D eigenvalue weighted by Gasteiger charge is -2.07. The third-order valence-electron chi connectivity index (χ3n) is 5.30. The van der Waals surface area contributed by atoms with Crippen LogP contribution in [0.3, 0.4) is 0 Å². The van der Waals surface area contributed by atoms with Gasteiger partial charge in [-0.05, 0) is 45.7 Å². The molecule has 2 unspecified atom stereocenters. The van der Waals surface area contributed by atoms with Crippen LogP contribution < -0.4 is 5.32 Å². The number of nitrogens with one attached hydrogen (secondary N) is 1. The van der Waals surface area contributed by atoms with Crippen molar-refractivity contribution in [1.82, 2.24) is 25.1 Å². The molecule has 28 heavy (non-hydrogen) atoms. The second-order valence-corrected chi connectivity index (χ2v) is 7.62. The fraction of sp³-hybridized carbons (Fsp3) is 0.364. The normalized spacial score (nSPS) is 18.1. The van der Waals surface area contributed by atoms with Crippen molar-refractivity contribution in [3.63, 3.8) is 0 Å². The average Bonchev–Trinajstić information content (AvgIpc) is 3.36. The molecule has 0 bridgehead atoms. The number of carbonyl (C=O) groups is 1. The molecule has 0 spiro atoms. The molecule has 2 aromatic heterocycles. The number of aryl methyl sites for hydroxylation is 3. The van der Waals surface area contributed by atoms with E-state index in [1.54, 1.807) is 4.68 Å². The van der Waals surface area contributed by atoms with Crippen LogP contribution in [-0.4, -0.2) is 31.7 Å². The zero-order valence-electron chi connectivity index (χ0n) is 16.7. The molecule has 6 heteroatoms. The molecule has 2 heterocycles. The van der Waals surface area contributed by atoms with Crippen molar-refractivity contribution in [2.75, 3.05) is 0 Å². The highest BCUT2D eigenvalue weighted by Gasteiger charge is 2.39. The number of hydrogen-bond acceptors (Lipinski definition) is 4. The number of nitrogens with zero attached hydrogens (tertiary/aromatic N) is 4.